The first kappa shape index (κ1) is 11.0. The fourth-order valence-corrected chi connectivity index (χ4v) is 1.77. The molecule has 0 aromatic rings. The summed E-state index contributed by atoms with van der Waals surface area (Å²) in [6.07, 6.45) is 2.63. The standard InChI is InChI=1S/C11H24N2/c1-9(2)10(3)4-5-11(6-12)7-13-8-11/h9-10,13H,4-8,12H2,1-3H3. The van der Waals surface area contributed by atoms with Crippen LogP contribution in [0.2, 0.25) is 0 Å². The molecule has 1 rings (SSSR count). The van der Waals surface area contributed by atoms with Gasteiger partial charge in [-0.3, -0.25) is 0 Å². The molecule has 2 heteroatoms. The number of rotatable bonds is 5. The average molecular weight is 184 g/mol. The Kier molecular flexibility index (Phi) is 3.74. The highest BCUT2D eigenvalue weighted by molar-refractivity contribution is 4.93. The molecule has 0 aromatic carbocycles. The van der Waals surface area contributed by atoms with E-state index < -0.39 is 0 Å². The number of nitrogens with two attached hydrogens (primary N) is 1. The maximum atomic E-state index is 5.79. The SMILES string of the molecule is CC(C)C(C)CCC1(CN)CNC1. The van der Waals surface area contributed by atoms with E-state index in [1.165, 1.54) is 12.8 Å². The summed E-state index contributed by atoms with van der Waals surface area (Å²) in [4.78, 5) is 0. The monoisotopic (exact) mass is 184 g/mol. The topological polar surface area (TPSA) is 38.0 Å². The van der Waals surface area contributed by atoms with Crippen LogP contribution in [0.3, 0.4) is 0 Å². The van der Waals surface area contributed by atoms with Gasteiger partial charge >= 0.3 is 0 Å². The van der Waals surface area contributed by atoms with Gasteiger partial charge in [0.25, 0.3) is 0 Å². The lowest BCUT2D eigenvalue weighted by Crippen LogP contribution is -2.57. The Bertz CT molecular complexity index is 145. The van der Waals surface area contributed by atoms with Crippen LogP contribution >= 0.6 is 0 Å². The third-order valence-electron chi connectivity index (χ3n) is 3.70. The van der Waals surface area contributed by atoms with Crippen LogP contribution in [0.4, 0.5) is 0 Å². The largest absolute Gasteiger partial charge is 0.330 e. The van der Waals surface area contributed by atoms with Gasteiger partial charge in [-0.05, 0) is 24.7 Å². The van der Waals surface area contributed by atoms with Gasteiger partial charge in [0.2, 0.25) is 0 Å². The molecule has 1 heterocycles. The summed E-state index contributed by atoms with van der Waals surface area (Å²) in [6.45, 7) is 10.1. The molecule has 1 fully saturated rings. The molecule has 1 aliphatic heterocycles. The Balaban J connectivity index is 2.24. The first-order valence-corrected chi connectivity index (χ1v) is 5.50. The summed E-state index contributed by atoms with van der Waals surface area (Å²) in [5.41, 5.74) is 6.24. The van der Waals surface area contributed by atoms with Gasteiger partial charge in [-0.15, -0.1) is 0 Å². The van der Waals surface area contributed by atoms with Crippen molar-refractivity contribution in [2.75, 3.05) is 19.6 Å². The lowest BCUT2D eigenvalue weighted by molar-refractivity contribution is 0.145. The fraction of sp³-hybridized carbons (Fsp3) is 1.00. The number of hydrogen-bond acceptors (Lipinski definition) is 2. The number of hydrogen-bond donors (Lipinski definition) is 2. The zero-order valence-electron chi connectivity index (χ0n) is 9.27. The smallest absolute Gasteiger partial charge is 0.00751 e. The lowest BCUT2D eigenvalue weighted by atomic mass is 9.75. The second-order valence-electron chi connectivity index (χ2n) is 5.07. The van der Waals surface area contributed by atoms with Gasteiger partial charge in [0.1, 0.15) is 0 Å². The molecule has 0 saturated carbocycles. The lowest BCUT2D eigenvalue weighted by Gasteiger charge is -2.42. The minimum atomic E-state index is 0.448. The van der Waals surface area contributed by atoms with Crippen LogP contribution in [0.15, 0.2) is 0 Å². The molecule has 0 radical (unpaired) electrons. The number of nitrogens with one attached hydrogen (secondary N) is 1. The van der Waals surface area contributed by atoms with E-state index in [1.807, 2.05) is 0 Å². The second-order valence-corrected chi connectivity index (χ2v) is 5.07. The summed E-state index contributed by atoms with van der Waals surface area (Å²) >= 11 is 0. The van der Waals surface area contributed by atoms with Crippen molar-refractivity contribution < 1.29 is 0 Å². The van der Waals surface area contributed by atoms with E-state index in [0.29, 0.717) is 5.41 Å². The summed E-state index contributed by atoms with van der Waals surface area (Å²) in [5, 5.41) is 3.33. The summed E-state index contributed by atoms with van der Waals surface area (Å²) in [6, 6.07) is 0. The fourth-order valence-electron chi connectivity index (χ4n) is 1.77. The Labute approximate surface area is 82.3 Å². The van der Waals surface area contributed by atoms with Gasteiger partial charge < -0.3 is 11.1 Å². The van der Waals surface area contributed by atoms with Crippen molar-refractivity contribution in [2.45, 2.75) is 33.6 Å². The van der Waals surface area contributed by atoms with Crippen LogP contribution in [0.5, 0.6) is 0 Å². The molecule has 1 atom stereocenters. The van der Waals surface area contributed by atoms with Crippen LogP contribution in [-0.4, -0.2) is 19.6 Å². The predicted octanol–water partition coefficient (Wildman–Crippen LogP) is 1.61. The van der Waals surface area contributed by atoms with E-state index in [-0.39, 0.29) is 0 Å². The van der Waals surface area contributed by atoms with Crippen LogP contribution in [0.25, 0.3) is 0 Å². The Morgan fingerprint density at radius 2 is 1.92 bits per heavy atom. The van der Waals surface area contributed by atoms with E-state index in [4.69, 9.17) is 5.73 Å². The molecular weight excluding hydrogens is 160 g/mol. The van der Waals surface area contributed by atoms with Gasteiger partial charge in [0.05, 0.1) is 0 Å². The molecule has 2 nitrogen and oxygen atoms in total. The van der Waals surface area contributed by atoms with E-state index in [9.17, 15) is 0 Å². The zero-order valence-corrected chi connectivity index (χ0v) is 9.27. The van der Waals surface area contributed by atoms with Crippen LogP contribution in [-0.2, 0) is 0 Å². The molecule has 1 aliphatic rings. The molecule has 0 bridgehead atoms. The highest BCUT2D eigenvalue weighted by Crippen LogP contribution is 2.30. The maximum absolute atomic E-state index is 5.79. The maximum Gasteiger partial charge on any atom is 0.00751 e. The molecule has 0 aliphatic carbocycles. The van der Waals surface area contributed by atoms with Crippen molar-refractivity contribution in [3.8, 4) is 0 Å². The normalized spacial score (nSPS) is 22.8. The van der Waals surface area contributed by atoms with E-state index in [2.05, 4.69) is 26.1 Å². The first-order valence-electron chi connectivity index (χ1n) is 5.50. The van der Waals surface area contributed by atoms with Crippen LogP contribution < -0.4 is 11.1 Å². The van der Waals surface area contributed by atoms with Gasteiger partial charge in [-0.1, -0.05) is 20.8 Å². The highest BCUT2D eigenvalue weighted by atomic mass is 15.0. The van der Waals surface area contributed by atoms with Crippen molar-refractivity contribution >= 4 is 0 Å². The molecule has 0 spiro atoms. The van der Waals surface area contributed by atoms with Gasteiger partial charge in [-0.2, -0.15) is 0 Å². The highest BCUT2D eigenvalue weighted by Gasteiger charge is 2.35. The third-order valence-corrected chi connectivity index (χ3v) is 3.70. The molecule has 78 valence electrons. The summed E-state index contributed by atoms with van der Waals surface area (Å²) in [5.74, 6) is 1.65. The minimum Gasteiger partial charge on any atom is -0.330 e. The Morgan fingerprint density at radius 3 is 2.23 bits per heavy atom. The average Bonchev–Trinajstić information content (AvgIpc) is 2.02. The quantitative estimate of drug-likeness (QED) is 0.681. The first-order chi connectivity index (χ1) is 6.09. The van der Waals surface area contributed by atoms with E-state index in [0.717, 1.165) is 31.5 Å². The predicted molar refractivity (Wildman–Crippen MR) is 57.6 cm³/mol. The molecule has 13 heavy (non-hydrogen) atoms. The van der Waals surface area contributed by atoms with Crippen molar-refractivity contribution in [1.82, 2.24) is 5.32 Å². The van der Waals surface area contributed by atoms with E-state index >= 15 is 0 Å². The molecule has 1 saturated heterocycles. The van der Waals surface area contributed by atoms with Crippen molar-refractivity contribution in [3.63, 3.8) is 0 Å². The minimum absolute atomic E-state index is 0.448. The summed E-state index contributed by atoms with van der Waals surface area (Å²) < 4.78 is 0. The van der Waals surface area contributed by atoms with Gasteiger partial charge in [0.15, 0.2) is 0 Å². The van der Waals surface area contributed by atoms with E-state index in [1.54, 1.807) is 0 Å². The third kappa shape index (κ3) is 2.68. The molecule has 0 aromatic heterocycles. The van der Waals surface area contributed by atoms with Crippen LogP contribution in [0, 0.1) is 17.3 Å². The van der Waals surface area contributed by atoms with Crippen LogP contribution in [0.1, 0.15) is 33.6 Å². The summed E-state index contributed by atoms with van der Waals surface area (Å²) in [7, 11) is 0. The molecule has 3 N–H and O–H groups in total. The molecular formula is C11H24N2. The molecule has 1 unspecified atom stereocenters. The Morgan fingerprint density at radius 1 is 1.31 bits per heavy atom. The van der Waals surface area contributed by atoms with Gasteiger partial charge in [-0.25, -0.2) is 0 Å². The van der Waals surface area contributed by atoms with Gasteiger partial charge in [0, 0.05) is 25.0 Å². The van der Waals surface area contributed by atoms with Crippen molar-refractivity contribution in [1.29, 1.82) is 0 Å². The van der Waals surface area contributed by atoms with Crippen molar-refractivity contribution in [3.05, 3.63) is 0 Å². The second kappa shape index (κ2) is 4.43. The zero-order chi connectivity index (χ0) is 9.90. The molecule has 0 amide bonds. The Hall–Kier alpha value is -0.0800. The van der Waals surface area contributed by atoms with Crippen molar-refractivity contribution in [2.24, 2.45) is 23.0 Å².